The topological polar surface area (TPSA) is 29.3 Å². The summed E-state index contributed by atoms with van der Waals surface area (Å²) in [5.41, 5.74) is 10.9. The first kappa shape index (κ1) is 11.6. The van der Waals surface area contributed by atoms with Gasteiger partial charge in [-0.1, -0.05) is 12.1 Å². The van der Waals surface area contributed by atoms with Gasteiger partial charge in [0.15, 0.2) is 0 Å². The molecule has 2 aromatic rings. The summed E-state index contributed by atoms with van der Waals surface area (Å²) in [6, 6.07) is 8.73. The van der Waals surface area contributed by atoms with Crippen LogP contribution in [0.15, 0.2) is 29.6 Å². The molecule has 3 heteroatoms. The van der Waals surface area contributed by atoms with Gasteiger partial charge in [-0.05, 0) is 48.4 Å². The molecule has 2 nitrogen and oxygen atoms in total. The fourth-order valence-corrected chi connectivity index (χ4v) is 3.27. The number of anilines is 2. The third-order valence-corrected chi connectivity index (χ3v) is 4.60. The van der Waals surface area contributed by atoms with Gasteiger partial charge < -0.3 is 10.6 Å². The van der Waals surface area contributed by atoms with Crippen molar-refractivity contribution in [3.8, 4) is 0 Å². The lowest BCUT2D eigenvalue weighted by Gasteiger charge is -2.19. The second kappa shape index (κ2) is 4.65. The number of rotatable bonds is 3. The number of hydrogen-bond acceptors (Lipinski definition) is 3. The maximum Gasteiger partial charge on any atom is 0.0420 e. The lowest BCUT2D eigenvalue weighted by Crippen LogP contribution is -2.23. The second-order valence-electron chi connectivity index (χ2n) is 4.90. The summed E-state index contributed by atoms with van der Waals surface area (Å²) in [5.74, 6) is 0. The van der Waals surface area contributed by atoms with Crippen LogP contribution in [0.4, 0.5) is 11.4 Å². The average Bonchev–Trinajstić information content (AvgIpc) is 2.97. The van der Waals surface area contributed by atoms with E-state index in [4.69, 9.17) is 5.73 Å². The van der Waals surface area contributed by atoms with Crippen LogP contribution in [0, 0.1) is 6.92 Å². The lowest BCUT2D eigenvalue weighted by atomic mass is 10.1. The molecule has 1 aliphatic heterocycles. The zero-order valence-electron chi connectivity index (χ0n) is 10.6. The van der Waals surface area contributed by atoms with Crippen molar-refractivity contribution in [1.29, 1.82) is 0 Å². The number of hydrogen-bond donors (Lipinski definition) is 1. The normalized spacial score (nSPS) is 13.9. The van der Waals surface area contributed by atoms with Crippen LogP contribution < -0.4 is 10.6 Å². The Morgan fingerprint density at radius 1 is 1.39 bits per heavy atom. The molecular weight excluding hydrogens is 240 g/mol. The molecule has 0 spiro atoms. The third-order valence-electron chi connectivity index (χ3n) is 3.67. The quantitative estimate of drug-likeness (QED) is 0.856. The van der Waals surface area contributed by atoms with Crippen molar-refractivity contribution in [3.63, 3.8) is 0 Å². The van der Waals surface area contributed by atoms with Gasteiger partial charge in [0, 0.05) is 29.3 Å². The first-order valence-corrected chi connectivity index (χ1v) is 7.28. The molecule has 0 fully saturated rings. The predicted molar refractivity (Wildman–Crippen MR) is 79.5 cm³/mol. The molecule has 1 aliphatic rings. The molecule has 0 unspecified atom stereocenters. The molecule has 0 atom stereocenters. The molecule has 3 rings (SSSR count). The number of thiophene rings is 1. The first-order chi connectivity index (χ1) is 8.74. The molecule has 1 aromatic heterocycles. The van der Waals surface area contributed by atoms with Crippen LogP contribution in [0.2, 0.25) is 0 Å². The Morgan fingerprint density at radius 3 is 3.06 bits per heavy atom. The molecule has 18 heavy (non-hydrogen) atoms. The summed E-state index contributed by atoms with van der Waals surface area (Å²) in [6.07, 6.45) is 2.28. The number of fused-ring (bicyclic) bond motifs is 1. The maximum absolute atomic E-state index is 6.02. The van der Waals surface area contributed by atoms with E-state index >= 15 is 0 Å². The van der Waals surface area contributed by atoms with Gasteiger partial charge in [0.1, 0.15) is 0 Å². The van der Waals surface area contributed by atoms with Crippen molar-refractivity contribution in [1.82, 2.24) is 0 Å². The fraction of sp³-hybridized carbons (Fsp3) is 0.333. The highest BCUT2D eigenvalue weighted by atomic mass is 32.1. The summed E-state index contributed by atoms with van der Waals surface area (Å²) in [6.45, 7) is 4.31. The van der Waals surface area contributed by atoms with E-state index < -0.39 is 0 Å². The highest BCUT2D eigenvalue weighted by Gasteiger charge is 2.19. The Hall–Kier alpha value is -1.48. The zero-order valence-corrected chi connectivity index (χ0v) is 11.5. The number of nitrogens with two attached hydrogens (primary N) is 1. The Balaban J connectivity index is 1.76. The van der Waals surface area contributed by atoms with E-state index in [1.807, 2.05) is 11.3 Å². The van der Waals surface area contributed by atoms with E-state index in [1.165, 1.54) is 21.7 Å². The standard InChI is InChI=1S/C15H18N2S/c1-11-9-12-4-6-17(15(12)10-14(11)16)7-5-13-3-2-8-18-13/h2-3,8-10H,4-7,16H2,1H3. The Kier molecular flexibility index (Phi) is 3.00. The third kappa shape index (κ3) is 2.10. The maximum atomic E-state index is 6.02. The van der Waals surface area contributed by atoms with Gasteiger partial charge in [-0.25, -0.2) is 0 Å². The summed E-state index contributed by atoms with van der Waals surface area (Å²) >= 11 is 1.84. The van der Waals surface area contributed by atoms with Crippen molar-refractivity contribution in [2.75, 3.05) is 23.7 Å². The van der Waals surface area contributed by atoms with E-state index in [-0.39, 0.29) is 0 Å². The minimum atomic E-state index is 0.914. The van der Waals surface area contributed by atoms with Crippen LogP contribution in [0.1, 0.15) is 16.0 Å². The summed E-state index contributed by atoms with van der Waals surface area (Å²) in [5, 5.41) is 2.15. The zero-order chi connectivity index (χ0) is 12.5. The first-order valence-electron chi connectivity index (χ1n) is 6.40. The van der Waals surface area contributed by atoms with Crippen molar-refractivity contribution >= 4 is 22.7 Å². The number of aryl methyl sites for hydroxylation is 1. The molecule has 2 heterocycles. The van der Waals surface area contributed by atoms with E-state index in [0.717, 1.165) is 31.6 Å². The number of benzene rings is 1. The molecule has 0 bridgehead atoms. The highest BCUT2D eigenvalue weighted by molar-refractivity contribution is 7.09. The van der Waals surface area contributed by atoms with Gasteiger partial charge >= 0.3 is 0 Å². The SMILES string of the molecule is Cc1cc2c(cc1N)N(CCc1cccs1)CC2. The number of nitrogen functional groups attached to an aromatic ring is 1. The predicted octanol–water partition coefficient (Wildman–Crippen LogP) is 3.24. The van der Waals surface area contributed by atoms with Crippen LogP contribution >= 0.6 is 11.3 Å². The van der Waals surface area contributed by atoms with Gasteiger partial charge in [-0.2, -0.15) is 0 Å². The Labute approximate surface area is 112 Å². The molecular formula is C15H18N2S. The minimum absolute atomic E-state index is 0.914. The summed E-state index contributed by atoms with van der Waals surface area (Å²) in [4.78, 5) is 3.92. The molecule has 0 radical (unpaired) electrons. The van der Waals surface area contributed by atoms with Crippen molar-refractivity contribution in [3.05, 3.63) is 45.6 Å². The lowest BCUT2D eigenvalue weighted by molar-refractivity contribution is 0.820. The van der Waals surface area contributed by atoms with Gasteiger partial charge in [0.25, 0.3) is 0 Å². The molecule has 0 aliphatic carbocycles. The van der Waals surface area contributed by atoms with Crippen LogP contribution in [0.25, 0.3) is 0 Å². The van der Waals surface area contributed by atoms with Crippen LogP contribution in [-0.4, -0.2) is 13.1 Å². The summed E-state index contributed by atoms with van der Waals surface area (Å²) in [7, 11) is 0. The molecule has 0 saturated carbocycles. The number of nitrogens with zero attached hydrogens (tertiary/aromatic N) is 1. The van der Waals surface area contributed by atoms with Crippen LogP contribution in [0.5, 0.6) is 0 Å². The van der Waals surface area contributed by atoms with E-state index in [0.29, 0.717) is 0 Å². The van der Waals surface area contributed by atoms with Gasteiger partial charge in [-0.15, -0.1) is 11.3 Å². The average molecular weight is 258 g/mol. The molecule has 1 aromatic carbocycles. The van der Waals surface area contributed by atoms with Gasteiger partial charge in [-0.3, -0.25) is 0 Å². The highest BCUT2D eigenvalue weighted by Crippen LogP contribution is 2.32. The smallest absolute Gasteiger partial charge is 0.0420 e. The molecule has 94 valence electrons. The van der Waals surface area contributed by atoms with Crippen LogP contribution in [0.3, 0.4) is 0 Å². The second-order valence-corrected chi connectivity index (χ2v) is 5.94. The Morgan fingerprint density at radius 2 is 2.28 bits per heavy atom. The van der Waals surface area contributed by atoms with E-state index in [1.54, 1.807) is 0 Å². The fourth-order valence-electron chi connectivity index (χ4n) is 2.58. The van der Waals surface area contributed by atoms with Crippen molar-refractivity contribution in [2.24, 2.45) is 0 Å². The van der Waals surface area contributed by atoms with Crippen LogP contribution in [-0.2, 0) is 12.8 Å². The summed E-state index contributed by atoms with van der Waals surface area (Å²) < 4.78 is 0. The van der Waals surface area contributed by atoms with E-state index in [9.17, 15) is 0 Å². The van der Waals surface area contributed by atoms with Gasteiger partial charge in [0.05, 0.1) is 0 Å². The van der Waals surface area contributed by atoms with Crippen molar-refractivity contribution in [2.45, 2.75) is 19.8 Å². The molecule has 2 N–H and O–H groups in total. The monoisotopic (exact) mass is 258 g/mol. The van der Waals surface area contributed by atoms with Crippen molar-refractivity contribution < 1.29 is 0 Å². The largest absolute Gasteiger partial charge is 0.398 e. The van der Waals surface area contributed by atoms with E-state index in [2.05, 4.69) is 41.5 Å². The molecule has 0 saturated heterocycles. The Bertz CT molecular complexity index is 546. The minimum Gasteiger partial charge on any atom is -0.398 e. The molecule has 0 amide bonds. The van der Waals surface area contributed by atoms with Gasteiger partial charge in [0.2, 0.25) is 0 Å².